The molecule has 2 heterocycles. The Kier molecular flexibility index (Phi) is 5.38. The summed E-state index contributed by atoms with van der Waals surface area (Å²) < 4.78 is 14.1. The fourth-order valence-corrected chi connectivity index (χ4v) is 4.87. The summed E-state index contributed by atoms with van der Waals surface area (Å²) in [5.41, 5.74) is 0. The Balaban J connectivity index is 1.34. The molecule has 1 saturated carbocycles. The summed E-state index contributed by atoms with van der Waals surface area (Å²) in [6.45, 7) is 4.82. The van der Waals surface area contributed by atoms with Gasteiger partial charge in [-0.1, -0.05) is 6.07 Å². The van der Waals surface area contributed by atoms with Gasteiger partial charge in [0.15, 0.2) is 0 Å². The Morgan fingerprint density at radius 2 is 1.89 bits per heavy atom. The number of nitrogens with one attached hydrogen (secondary N) is 2. The van der Waals surface area contributed by atoms with Gasteiger partial charge in [-0.15, -0.1) is 11.3 Å². The molecule has 3 unspecified atom stereocenters. The number of benzene rings is 1. The van der Waals surface area contributed by atoms with E-state index in [2.05, 4.69) is 15.5 Å². The minimum Gasteiger partial charge on any atom is -0.350 e. The third-order valence-corrected chi connectivity index (χ3v) is 6.89. The Bertz CT molecular complexity index is 895. The SMILES string of the molecule is CC(NC(=O)c1cc2ccc(F)cc2s1)C(C)NC(=O)C1CCCN1C1CC1. The lowest BCUT2D eigenvalue weighted by atomic mass is 10.1. The lowest BCUT2D eigenvalue weighted by Gasteiger charge is -2.27. The summed E-state index contributed by atoms with van der Waals surface area (Å²) in [5.74, 6) is -0.441. The summed E-state index contributed by atoms with van der Waals surface area (Å²) in [6, 6.07) is 6.45. The van der Waals surface area contributed by atoms with Gasteiger partial charge in [0.05, 0.1) is 10.9 Å². The minimum atomic E-state index is -0.307. The Labute approximate surface area is 168 Å². The smallest absolute Gasteiger partial charge is 0.261 e. The van der Waals surface area contributed by atoms with Crippen molar-refractivity contribution in [1.82, 2.24) is 15.5 Å². The van der Waals surface area contributed by atoms with Crippen molar-refractivity contribution >= 4 is 33.2 Å². The van der Waals surface area contributed by atoms with Crippen LogP contribution in [0, 0.1) is 5.82 Å². The Hall–Kier alpha value is -1.99. The Morgan fingerprint density at radius 1 is 1.14 bits per heavy atom. The highest BCUT2D eigenvalue weighted by molar-refractivity contribution is 7.20. The summed E-state index contributed by atoms with van der Waals surface area (Å²) in [6.07, 6.45) is 4.38. The number of nitrogens with zero attached hydrogens (tertiary/aromatic N) is 1. The maximum Gasteiger partial charge on any atom is 0.261 e. The van der Waals surface area contributed by atoms with Crippen molar-refractivity contribution in [2.45, 2.75) is 63.7 Å². The van der Waals surface area contributed by atoms with E-state index >= 15 is 0 Å². The molecular weight excluding hydrogens is 377 g/mol. The first kappa shape index (κ1) is 19.3. The van der Waals surface area contributed by atoms with Crippen LogP contribution in [0.15, 0.2) is 24.3 Å². The first-order valence-corrected chi connectivity index (χ1v) is 10.8. The van der Waals surface area contributed by atoms with Crippen LogP contribution in [0.1, 0.15) is 49.2 Å². The molecule has 2 aromatic rings. The summed E-state index contributed by atoms with van der Waals surface area (Å²) in [5, 5.41) is 6.90. The number of rotatable bonds is 6. The van der Waals surface area contributed by atoms with E-state index in [-0.39, 0.29) is 35.8 Å². The number of likely N-dealkylation sites (tertiary alicyclic amines) is 1. The lowest BCUT2D eigenvalue weighted by molar-refractivity contribution is -0.126. The second kappa shape index (κ2) is 7.79. The van der Waals surface area contributed by atoms with E-state index in [0.29, 0.717) is 10.9 Å². The van der Waals surface area contributed by atoms with Gasteiger partial charge in [0.1, 0.15) is 5.82 Å². The van der Waals surface area contributed by atoms with Crippen molar-refractivity contribution in [3.05, 3.63) is 35.0 Å². The summed E-state index contributed by atoms with van der Waals surface area (Å²) in [4.78, 5) is 28.2. The molecule has 0 bridgehead atoms. The highest BCUT2D eigenvalue weighted by Crippen LogP contribution is 2.33. The number of fused-ring (bicyclic) bond motifs is 1. The number of hydrogen-bond donors (Lipinski definition) is 2. The van der Waals surface area contributed by atoms with Crippen LogP contribution in [-0.2, 0) is 4.79 Å². The molecule has 1 saturated heterocycles. The van der Waals surface area contributed by atoms with Crippen LogP contribution in [0.5, 0.6) is 0 Å². The Morgan fingerprint density at radius 3 is 2.64 bits per heavy atom. The van der Waals surface area contributed by atoms with Crippen LogP contribution < -0.4 is 10.6 Å². The van der Waals surface area contributed by atoms with Gasteiger partial charge in [-0.05, 0) is 69.7 Å². The van der Waals surface area contributed by atoms with Crippen molar-refractivity contribution in [2.24, 2.45) is 0 Å². The van der Waals surface area contributed by atoms with Crippen LogP contribution in [0.2, 0.25) is 0 Å². The zero-order valence-electron chi connectivity index (χ0n) is 16.2. The molecule has 1 aliphatic heterocycles. The molecule has 3 atom stereocenters. The highest BCUT2D eigenvalue weighted by Gasteiger charge is 2.40. The quantitative estimate of drug-likeness (QED) is 0.778. The van der Waals surface area contributed by atoms with Gasteiger partial charge in [-0.3, -0.25) is 14.5 Å². The third-order valence-electron chi connectivity index (χ3n) is 5.80. The molecule has 2 fully saturated rings. The molecule has 2 N–H and O–H groups in total. The van der Waals surface area contributed by atoms with E-state index < -0.39 is 0 Å². The average molecular weight is 404 g/mol. The van der Waals surface area contributed by atoms with Crippen molar-refractivity contribution in [3.63, 3.8) is 0 Å². The van der Waals surface area contributed by atoms with E-state index in [4.69, 9.17) is 0 Å². The van der Waals surface area contributed by atoms with Crippen LogP contribution in [0.25, 0.3) is 10.1 Å². The normalized spacial score (nSPS) is 22.2. The van der Waals surface area contributed by atoms with Crippen molar-refractivity contribution in [2.75, 3.05) is 6.54 Å². The van der Waals surface area contributed by atoms with E-state index in [1.165, 1.54) is 36.3 Å². The fraction of sp³-hybridized carbons (Fsp3) is 0.524. The molecule has 1 aromatic carbocycles. The maximum atomic E-state index is 13.4. The van der Waals surface area contributed by atoms with Crippen LogP contribution in [0.3, 0.4) is 0 Å². The first-order valence-electron chi connectivity index (χ1n) is 9.98. The van der Waals surface area contributed by atoms with Gasteiger partial charge >= 0.3 is 0 Å². The molecule has 1 aromatic heterocycles. The molecule has 4 rings (SSSR count). The van der Waals surface area contributed by atoms with Crippen LogP contribution in [0.4, 0.5) is 4.39 Å². The van der Waals surface area contributed by atoms with Crippen molar-refractivity contribution in [1.29, 1.82) is 0 Å². The predicted octanol–water partition coefficient (Wildman–Crippen LogP) is 3.29. The number of hydrogen-bond acceptors (Lipinski definition) is 4. The molecule has 7 heteroatoms. The van der Waals surface area contributed by atoms with E-state index in [1.54, 1.807) is 12.1 Å². The topological polar surface area (TPSA) is 61.4 Å². The standard InChI is InChI=1S/C21H26FN3O2S/c1-12(23-20(26)17-4-3-9-25(17)16-7-8-16)13(2)24-21(27)19-10-14-5-6-15(22)11-18(14)28-19/h5-6,10-13,16-17H,3-4,7-9H2,1-2H3,(H,23,26)(H,24,27). The molecule has 0 radical (unpaired) electrons. The highest BCUT2D eigenvalue weighted by atomic mass is 32.1. The zero-order valence-corrected chi connectivity index (χ0v) is 17.0. The van der Waals surface area contributed by atoms with Crippen molar-refractivity contribution in [3.8, 4) is 0 Å². The second-order valence-electron chi connectivity index (χ2n) is 7.98. The molecule has 5 nitrogen and oxygen atoms in total. The summed E-state index contributed by atoms with van der Waals surface area (Å²) >= 11 is 1.27. The monoisotopic (exact) mass is 403 g/mol. The number of halogens is 1. The molecule has 2 aliphatic rings. The van der Waals surface area contributed by atoms with Crippen LogP contribution >= 0.6 is 11.3 Å². The van der Waals surface area contributed by atoms with E-state index in [9.17, 15) is 14.0 Å². The van der Waals surface area contributed by atoms with Gasteiger partial charge in [0.2, 0.25) is 5.91 Å². The minimum absolute atomic E-state index is 0.0321. The van der Waals surface area contributed by atoms with Gasteiger partial charge in [0, 0.05) is 22.8 Å². The van der Waals surface area contributed by atoms with Crippen molar-refractivity contribution < 1.29 is 14.0 Å². The predicted molar refractivity (Wildman–Crippen MR) is 109 cm³/mol. The van der Waals surface area contributed by atoms with Crippen LogP contribution in [-0.4, -0.2) is 47.4 Å². The molecular formula is C21H26FN3O2S. The number of carbonyl (C=O) groups is 2. The molecule has 1 aliphatic carbocycles. The van der Waals surface area contributed by atoms with E-state index in [0.717, 1.165) is 29.5 Å². The fourth-order valence-electron chi connectivity index (χ4n) is 3.88. The first-order chi connectivity index (χ1) is 13.4. The molecule has 28 heavy (non-hydrogen) atoms. The largest absolute Gasteiger partial charge is 0.350 e. The van der Waals surface area contributed by atoms with Gasteiger partial charge in [0.25, 0.3) is 5.91 Å². The maximum absolute atomic E-state index is 13.4. The van der Waals surface area contributed by atoms with Gasteiger partial charge < -0.3 is 10.6 Å². The van der Waals surface area contributed by atoms with Gasteiger partial charge in [-0.2, -0.15) is 0 Å². The number of amides is 2. The number of thiophene rings is 1. The third kappa shape index (κ3) is 4.05. The lowest BCUT2D eigenvalue weighted by Crippen LogP contribution is -2.53. The van der Waals surface area contributed by atoms with Gasteiger partial charge in [-0.25, -0.2) is 4.39 Å². The summed E-state index contributed by atoms with van der Waals surface area (Å²) in [7, 11) is 0. The second-order valence-corrected chi connectivity index (χ2v) is 9.06. The zero-order chi connectivity index (χ0) is 19.8. The van der Waals surface area contributed by atoms with E-state index in [1.807, 2.05) is 13.8 Å². The molecule has 2 amide bonds. The molecule has 0 spiro atoms. The average Bonchev–Trinajstić information content (AvgIpc) is 3.22. The number of carbonyl (C=O) groups excluding carboxylic acids is 2. The molecule has 150 valence electrons.